The molecule has 4 unspecified atom stereocenters. The minimum atomic E-state index is -1.41. The van der Waals surface area contributed by atoms with Gasteiger partial charge in [-0.1, -0.05) is 54.6 Å². The third kappa shape index (κ3) is 7.04. The van der Waals surface area contributed by atoms with Crippen LogP contribution in [0.2, 0.25) is 0 Å². The van der Waals surface area contributed by atoms with E-state index in [0.29, 0.717) is 5.56 Å². The molecule has 4 rings (SSSR count). The number of hydrogen-bond acceptors (Lipinski definition) is 9. The first-order chi connectivity index (χ1) is 18.4. The van der Waals surface area contributed by atoms with Gasteiger partial charge in [0.1, 0.15) is 12.7 Å². The molecule has 38 heavy (non-hydrogen) atoms. The van der Waals surface area contributed by atoms with Crippen molar-refractivity contribution in [2.75, 3.05) is 6.61 Å². The zero-order valence-corrected chi connectivity index (χ0v) is 20.6. The first-order valence-electron chi connectivity index (χ1n) is 12.0. The van der Waals surface area contributed by atoms with Crippen molar-refractivity contribution in [1.29, 1.82) is 0 Å². The maximum atomic E-state index is 12.9. The topological polar surface area (TPSA) is 114 Å². The van der Waals surface area contributed by atoms with Crippen LogP contribution < -0.4 is 0 Å². The molecule has 0 spiro atoms. The summed E-state index contributed by atoms with van der Waals surface area (Å²) in [5.41, 5.74) is 0.880. The second-order valence-electron chi connectivity index (χ2n) is 8.48. The monoisotopic (exact) mass is 518 g/mol. The standard InChI is InChI=1S/C29H26O9/c1-19(30)35-29-25(38-28(33)22-15-9-4-10-16-22)24(37-27(32)21-13-7-3-8-14-21)17-23(36-29)18-34-26(31)20-11-5-2-6-12-20/h2-16,23-25,29H,17-18H2,1H3. The zero-order valence-electron chi connectivity index (χ0n) is 20.6. The summed E-state index contributed by atoms with van der Waals surface area (Å²) < 4.78 is 28.0. The van der Waals surface area contributed by atoms with Crippen LogP contribution in [0.25, 0.3) is 0 Å². The van der Waals surface area contributed by atoms with Gasteiger partial charge in [0.25, 0.3) is 0 Å². The molecule has 0 saturated carbocycles. The quantitative estimate of drug-likeness (QED) is 0.323. The summed E-state index contributed by atoms with van der Waals surface area (Å²) in [6.07, 6.45) is -4.59. The number of esters is 4. The van der Waals surface area contributed by atoms with Crippen LogP contribution in [0.1, 0.15) is 44.4 Å². The Morgan fingerprint density at radius 2 is 1.16 bits per heavy atom. The Bertz CT molecular complexity index is 1240. The van der Waals surface area contributed by atoms with Crippen molar-refractivity contribution in [3.05, 3.63) is 108 Å². The summed E-state index contributed by atoms with van der Waals surface area (Å²) >= 11 is 0. The average molecular weight is 519 g/mol. The Balaban J connectivity index is 1.55. The first-order valence-corrected chi connectivity index (χ1v) is 12.0. The summed E-state index contributed by atoms with van der Waals surface area (Å²) in [5, 5.41) is 0. The molecule has 1 saturated heterocycles. The van der Waals surface area contributed by atoms with Gasteiger partial charge in [0.05, 0.1) is 22.8 Å². The van der Waals surface area contributed by atoms with E-state index < -0.39 is 48.5 Å². The van der Waals surface area contributed by atoms with Gasteiger partial charge in [0, 0.05) is 13.3 Å². The van der Waals surface area contributed by atoms with Crippen molar-refractivity contribution >= 4 is 23.9 Å². The summed E-state index contributed by atoms with van der Waals surface area (Å²) in [6.45, 7) is 0.952. The van der Waals surface area contributed by atoms with Crippen LogP contribution in [0, 0.1) is 0 Å². The molecule has 3 aromatic rings. The third-order valence-corrected chi connectivity index (χ3v) is 5.67. The average Bonchev–Trinajstić information content (AvgIpc) is 2.94. The summed E-state index contributed by atoms with van der Waals surface area (Å²) in [7, 11) is 0. The summed E-state index contributed by atoms with van der Waals surface area (Å²) in [5.74, 6) is -2.66. The van der Waals surface area contributed by atoms with Crippen LogP contribution in [0.15, 0.2) is 91.0 Å². The number of benzene rings is 3. The van der Waals surface area contributed by atoms with E-state index in [9.17, 15) is 19.2 Å². The van der Waals surface area contributed by atoms with Gasteiger partial charge in [-0.3, -0.25) is 4.79 Å². The Labute approximate surface area is 219 Å². The second-order valence-corrected chi connectivity index (χ2v) is 8.48. The molecule has 0 aromatic heterocycles. The molecule has 1 heterocycles. The molecule has 0 radical (unpaired) electrons. The number of carbonyl (C=O) groups is 4. The molecule has 4 atom stereocenters. The largest absolute Gasteiger partial charge is 0.459 e. The molecule has 196 valence electrons. The predicted octanol–water partition coefficient (Wildman–Crippen LogP) is 3.97. The lowest BCUT2D eigenvalue weighted by Gasteiger charge is -2.39. The highest BCUT2D eigenvalue weighted by atomic mass is 16.7. The van der Waals surface area contributed by atoms with Crippen LogP contribution in [0.3, 0.4) is 0 Å². The van der Waals surface area contributed by atoms with Crippen molar-refractivity contribution in [3.8, 4) is 0 Å². The predicted molar refractivity (Wildman–Crippen MR) is 133 cm³/mol. The van der Waals surface area contributed by atoms with E-state index in [1.807, 2.05) is 0 Å². The van der Waals surface area contributed by atoms with E-state index >= 15 is 0 Å². The van der Waals surface area contributed by atoms with E-state index in [-0.39, 0.29) is 24.2 Å². The Hall–Kier alpha value is -4.50. The van der Waals surface area contributed by atoms with Gasteiger partial charge >= 0.3 is 23.9 Å². The van der Waals surface area contributed by atoms with Crippen molar-refractivity contribution < 1.29 is 42.9 Å². The molecule has 1 aliphatic heterocycles. The SMILES string of the molecule is CC(=O)OC1OC(COC(=O)c2ccccc2)CC(OC(=O)c2ccccc2)C1OC(=O)c1ccccc1. The van der Waals surface area contributed by atoms with E-state index in [4.69, 9.17) is 23.7 Å². The number of ether oxygens (including phenoxy) is 5. The highest BCUT2D eigenvalue weighted by Gasteiger charge is 2.46. The minimum absolute atomic E-state index is 0.00510. The fourth-order valence-electron chi connectivity index (χ4n) is 3.88. The summed E-state index contributed by atoms with van der Waals surface area (Å²) in [6, 6.07) is 24.9. The highest BCUT2D eigenvalue weighted by molar-refractivity contribution is 5.90. The lowest BCUT2D eigenvalue weighted by molar-refractivity contribution is -0.261. The van der Waals surface area contributed by atoms with Crippen LogP contribution in [0.5, 0.6) is 0 Å². The number of hydrogen-bond donors (Lipinski definition) is 0. The van der Waals surface area contributed by atoms with Crippen molar-refractivity contribution in [2.45, 2.75) is 37.9 Å². The molecular formula is C29H26O9. The normalized spacial score (nSPS) is 20.6. The van der Waals surface area contributed by atoms with E-state index in [1.54, 1.807) is 91.0 Å². The molecular weight excluding hydrogens is 492 g/mol. The van der Waals surface area contributed by atoms with Gasteiger partial charge in [-0.25, -0.2) is 14.4 Å². The van der Waals surface area contributed by atoms with Crippen LogP contribution in [-0.2, 0) is 28.5 Å². The van der Waals surface area contributed by atoms with Crippen LogP contribution in [-0.4, -0.2) is 55.1 Å². The first kappa shape index (κ1) is 26.6. The molecule has 0 bridgehead atoms. The van der Waals surface area contributed by atoms with Gasteiger partial charge in [-0.05, 0) is 36.4 Å². The lowest BCUT2D eigenvalue weighted by Crippen LogP contribution is -2.54. The molecule has 9 heteroatoms. The maximum Gasteiger partial charge on any atom is 0.338 e. The van der Waals surface area contributed by atoms with E-state index in [0.717, 1.165) is 0 Å². The van der Waals surface area contributed by atoms with Gasteiger partial charge < -0.3 is 23.7 Å². The van der Waals surface area contributed by atoms with Crippen molar-refractivity contribution in [1.82, 2.24) is 0 Å². The molecule has 1 fully saturated rings. The molecule has 1 aliphatic rings. The number of carbonyl (C=O) groups excluding carboxylic acids is 4. The molecule has 0 amide bonds. The molecule has 9 nitrogen and oxygen atoms in total. The summed E-state index contributed by atoms with van der Waals surface area (Å²) in [4.78, 5) is 50.1. The Morgan fingerprint density at radius 1 is 0.684 bits per heavy atom. The maximum absolute atomic E-state index is 12.9. The van der Waals surface area contributed by atoms with E-state index in [1.165, 1.54) is 6.92 Å². The minimum Gasteiger partial charge on any atom is -0.459 e. The highest BCUT2D eigenvalue weighted by Crippen LogP contribution is 2.28. The van der Waals surface area contributed by atoms with E-state index in [2.05, 4.69) is 0 Å². The lowest BCUT2D eigenvalue weighted by atomic mass is 10.0. The van der Waals surface area contributed by atoms with Gasteiger partial charge in [0.15, 0.2) is 0 Å². The zero-order chi connectivity index (χ0) is 26.9. The van der Waals surface area contributed by atoms with Crippen molar-refractivity contribution in [3.63, 3.8) is 0 Å². The molecule has 0 aliphatic carbocycles. The second kappa shape index (κ2) is 12.6. The Morgan fingerprint density at radius 3 is 1.66 bits per heavy atom. The van der Waals surface area contributed by atoms with Gasteiger partial charge in [-0.15, -0.1) is 0 Å². The Kier molecular flexibility index (Phi) is 8.84. The third-order valence-electron chi connectivity index (χ3n) is 5.67. The van der Waals surface area contributed by atoms with Crippen molar-refractivity contribution in [2.24, 2.45) is 0 Å². The molecule has 0 N–H and O–H groups in total. The fourth-order valence-corrected chi connectivity index (χ4v) is 3.88. The molecule has 3 aromatic carbocycles. The number of rotatable bonds is 8. The fraction of sp³-hybridized carbons (Fsp3) is 0.241. The van der Waals surface area contributed by atoms with Gasteiger partial charge in [-0.2, -0.15) is 0 Å². The van der Waals surface area contributed by atoms with Crippen LogP contribution in [0.4, 0.5) is 0 Å². The smallest absolute Gasteiger partial charge is 0.338 e. The van der Waals surface area contributed by atoms with Crippen LogP contribution >= 0.6 is 0 Å². The van der Waals surface area contributed by atoms with Gasteiger partial charge in [0.2, 0.25) is 12.4 Å².